The van der Waals surface area contributed by atoms with Crippen molar-refractivity contribution in [2.45, 2.75) is 6.92 Å². The van der Waals surface area contributed by atoms with Crippen LogP contribution < -0.4 is 5.56 Å². The Bertz CT molecular complexity index is 1100. The number of carbonyl (C=O) groups is 2. The second kappa shape index (κ2) is 8.12. The molecule has 3 aromatic rings. The van der Waals surface area contributed by atoms with Gasteiger partial charge in [-0.1, -0.05) is 30.3 Å². The Morgan fingerprint density at radius 1 is 1.07 bits per heavy atom. The molecule has 9 heteroatoms. The lowest BCUT2D eigenvalue weighted by Gasteiger charge is -2.01. The smallest absolute Gasteiger partial charge is 0.358 e. The highest BCUT2D eigenvalue weighted by Crippen LogP contribution is 2.23. The van der Waals surface area contributed by atoms with Crippen molar-refractivity contribution in [3.05, 3.63) is 76.2 Å². The van der Waals surface area contributed by atoms with Crippen LogP contribution in [-0.4, -0.2) is 33.4 Å². The molecule has 0 spiro atoms. The van der Waals surface area contributed by atoms with Crippen molar-refractivity contribution < 1.29 is 19.4 Å². The van der Waals surface area contributed by atoms with E-state index in [0.29, 0.717) is 5.69 Å². The fraction of sp³-hybridized carbons (Fsp3) is 0.105. The number of hydrogen-bond donors (Lipinski definition) is 2. The number of hydrogen-bond acceptors (Lipinski definition) is 6. The van der Waals surface area contributed by atoms with Gasteiger partial charge in [0.05, 0.1) is 17.9 Å². The molecule has 0 atom stereocenters. The topological polar surface area (TPSA) is 126 Å². The first-order valence-corrected chi connectivity index (χ1v) is 8.34. The summed E-state index contributed by atoms with van der Waals surface area (Å²) in [5, 5.41) is 19.7. The number of nitrogens with zero attached hydrogens (tertiary/aromatic N) is 3. The van der Waals surface area contributed by atoms with E-state index in [9.17, 15) is 19.5 Å². The molecule has 0 bridgehead atoms. The molecule has 9 nitrogen and oxygen atoms in total. The second-order valence-corrected chi connectivity index (χ2v) is 5.55. The molecule has 28 heavy (non-hydrogen) atoms. The Hall–Kier alpha value is -4.01. The van der Waals surface area contributed by atoms with Gasteiger partial charge >= 0.3 is 11.9 Å². The molecule has 142 valence electrons. The van der Waals surface area contributed by atoms with E-state index in [0.717, 1.165) is 4.68 Å². The third-order valence-electron chi connectivity index (χ3n) is 3.75. The molecule has 0 aliphatic rings. The van der Waals surface area contributed by atoms with Gasteiger partial charge in [0.2, 0.25) is 0 Å². The number of aromatic amines is 1. The van der Waals surface area contributed by atoms with Crippen LogP contribution >= 0.6 is 0 Å². The van der Waals surface area contributed by atoms with Crippen molar-refractivity contribution in [3.63, 3.8) is 0 Å². The number of nitrogens with one attached hydrogen (secondary N) is 1. The number of rotatable bonds is 6. The van der Waals surface area contributed by atoms with Gasteiger partial charge in [0.15, 0.2) is 11.4 Å². The van der Waals surface area contributed by atoms with E-state index in [2.05, 4.69) is 15.3 Å². The second-order valence-electron chi connectivity index (χ2n) is 5.55. The molecule has 0 fully saturated rings. The lowest BCUT2D eigenvalue weighted by molar-refractivity contribution is 0.0519. The maximum absolute atomic E-state index is 12.8. The number of esters is 1. The average molecular weight is 380 g/mol. The zero-order valence-corrected chi connectivity index (χ0v) is 14.8. The van der Waals surface area contributed by atoms with Crippen molar-refractivity contribution in [2.24, 2.45) is 10.2 Å². The Kier molecular flexibility index (Phi) is 5.45. The van der Waals surface area contributed by atoms with Gasteiger partial charge in [-0.3, -0.25) is 9.89 Å². The molecule has 1 aromatic heterocycles. The number of carboxylic acid groups (broad SMARTS) is 1. The summed E-state index contributed by atoms with van der Waals surface area (Å²) in [7, 11) is 0. The van der Waals surface area contributed by atoms with Crippen LogP contribution in [0.3, 0.4) is 0 Å². The summed E-state index contributed by atoms with van der Waals surface area (Å²) in [5.74, 6) is -1.95. The number of ether oxygens (including phenoxy) is 1. The molecular formula is C19H16N4O5. The molecule has 2 aromatic carbocycles. The predicted octanol–water partition coefficient (Wildman–Crippen LogP) is 3.46. The fourth-order valence-corrected chi connectivity index (χ4v) is 2.47. The first-order chi connectivity index (χ1) is 13.5. The number of aromatic nitrogens is 2. The summed E-state index contributed by atoms with van der Waals surface area (Å²) in [4.78, 5) is 36.3. The van der Waals surface area contributed by atoms with Crippen LogP contribution in [0.1, 0.15) is 27.8 Å². The zero-order chi connectivity index (χ0) is 20.1. The molecule has 0 amide bonds. The predicted molar refractivity (Wildman–Crippen MR) is 99.9 cm³/mol. The van der Waals surface area contributed by atoms with Crippen LogP contribution in [-0.2, 0) is 4.74 Å². The standard InChI is InChI=1S/C19H16N4O5/c1-2-28-19(27)16-15(17(24)23(22-16)12-8-4-3-5-9-12)21-20-14-11-7-6-10-13(14)18(25)26/h3-11,22H,2H2,1H3,(H,25,26). The van der Waals surface area contributed by atoms with Gasteiger partial charge in [0, 0.05) is 0 Å². The Labute approximate surface area is 158 Å². The maximum Gasteiger partial charge on any atom is 0.358 e. The Morgan fingerprint density at radius 2 is 1.75 bits per heavy atom. The van der Waals surface area contributed by atoms with Crippen molar-refractivity contribution in [1.29, 1.82) is 0 Å². The number of azo groups is 1. The quantitative estimate of drug-likeness (QED) is 0.500. The molecule has 0 saturated carbocycles. The van der Waals surface area contributed by atoms with E-state index < -0.39 is 17.5 Å². The minimum absolute atomic E-state index is 0.0525. The van der Waals surface area contributed by atoms with Gasteiger partial charge in [0.1, 0.15) is 5.69 Å². The highest BCUT2D eigenvalue weighted by atomic mass is 16.5. The summed E-state index contributed by atoms with van der Waals surface area (Å²) < 4.78 is 6.11. The molecule has 3 rings (SSSR count). The highest BCUT2D eigenvalue weighted by Gasteiger charge is 2.22. The van der Waals surface area contributed by atoms with E-state index in [4.69, 9.17) is 4.74 Å². The van der Waals surface area contributed by atoms with E-state index in [1.54, 1.807) is 49.4 Å². The molecular weight excluding hydrogens is 364 g/mol. The lowest BCUT2D eigenvalue weighted by Crippen LogP contribution is -2.13. The number of para-hydroxylation sites is 1. The Morgan fingerprint density at radius 3 is 2.43 bits per heavy atom. The molecule has 2 N–H and O–H groups in total. The van der Waals surface area contributed by atoms with Crippen LogP contribution in [0, 0.1) is 0 Å². The molecule has 0 radical (unpaired) electrons. The van der Waals surface area contributed by atoms with Crippen molar-refractivity contribution in [2.75, 3.05) is 6.61 Å². The average Bonchev–Trinajstić information content (AvgIpc) is 3.04. The summed E-state index contributed by atoms with van der Waals surface area (Å²) in [6.07, 6.45) is 0. The molecule has 1 heterocycles. The SMILES string of the molecule is CCOC(=O)c1[nH]n(-c2ccccc2)c(=O)c1N=Nc1ccccc1C(=O)O. The van der Waals surface area contributed by atoms with Crippen LogP contribution in [0.5, 0.6) is 0 Å². The van der Waals surface area contributed by atoms with Crippen molar-refractivity contribution in [1.82, 2.24) is 9.78 Å². The largest absolute Gasteiger partial charge is 0.478 e. The maximum atomic E-state index is 12.8. The first-order valence-electron chi connectivity index (χ1n) is 8.34. The minimum Gasteiger partial charge on any atom is -0.478 e. The van der Waals surface area contributed by atoms with Gasteiger partial charge < -0.3 is 9.84 Å². The molecule has 0 aliphatic heterocycles. The zero-order valence-electron chi connectivity index (χ0n) is 14.8. The Balaban J connectivity index is 2.12. The number of benzene rings is 2. The third-order valence-corrected chi connectivity index (χ3v) is 3.75. The van der Waals surface area contributed by atoms with Crippen molar-refractivity contribution >= 4 is 23.3 Å². The number of aromatic carboxylic acids is 1. The summed E-state index contributed by atoms with van der Waals surface area (Å²) in [6.45, 7) is 1.74. The van der Waals surface area contributed by atoms with Crippen LogP contribution in [0.4, 0.5) is 11.4 Å². The van der Waals surface area contributed by atoms with Gasteiger partial charge in [-0.15, -0.1) is 10.2 Å². The highest BCUT2D eigenvalue weighted by molar-refractivity contribution is 5.94. The van der Waals surface area contributed by atoms with E-state index >= 15 is 0 Å². The summed E-state index contributed by atoms with van der Waals surface area (Å²) >= 11 is 0. The van der Waals surface area contributed by atoms with Crippen molar-refractivity contribution in [3.8, 4) is 5.69 Å². The monoisotopic (exact) mass is 380 g/mol. The lowest BCUT2D eigenvalue weighted by atomic mass is 10.2. The summed E-state index contributed by atoms with van der Waals surface area (Å²) in [6, 6.07) is 14.5. The number of carbonyl (C=O) groups excluding carboxylic acids is 1. The van der Waals surface area contributed by atoms with Crippen LogP contribution in [0.15, 0.2) is 69.6 Å². The molecule has 0 aliphatic carbocycles. The fourth-order valence-electron chi connectivity index (χ4n) is 2.47. The first kappa shape index (κ1) is 18.8. The normalized spacial score (nSPS) is 10.9. The summed E-state index contributed by atoms with van der Waals surface area (Å²) in [5.41, 5.74) is -0.606. The van der Waals surface area contributed by atoms with E-state index in [1.165, 1.54) is 12.1 Å². The molecule has 0 saturated heterocycles. The third kappa shape index (κ3) is 3.73. The molecule has 0 unspecified atom stereocenters. The number of H-pyrrole nitrogens is 1. The minimum atomic E-state index is -1.18. The van der Waals surface area contributed by atoms with Crippen LogP contribution in [0.2, 0.25) is 0 Å². The van der Waals surface area contributed by atoms with Gasteiger partial charge in [0.25, 0.3) is 5.56 Å². The van der Waals surface area contributed by atoms with Gasteiger partial charge in [-0.05, 0) is 31.2 Å². The number of carboxylic acids is 1. The van der Waals surface area contributed by atoms with E-state index in [1.807, 2.05) is 0 Å². The van der Waals surface area contributed by atoms with Gasteiger partial charge in [-0.2, -0.15) is 0 Å². The van der Waals surface area contributed by atoms with Gasteiger partial charge in [-0.25, -0.2) is 14.3 Å². The van der Waals surface area contributed by atoms with E-state index in [-0.39, 0.29) is 29.2 Å². The van der Waals surface area contributed by atoms with Crippen LogP contribution in [0.25, 0.3) is 5.69 Å².